The zero-order valence-electron chi connectivity index (χ0n) is 16.1. The van der Waals surface area contributed by atoms with E-state index in [1.807, 2.05) is 66.5 Å². The van der Waals surface area contributed by atoms with Crippen molar-refractivity contribution >= 4 is 40.7 Å². The second-order valence-electron chi connectivity index (χ2n) is 5.95. The molecule has 0 fully saturated rings. The third kappa shape index (κ3) is 8.30. The number of ether oxygens (including phenoxy) is 1. The van der Waals surface area contributed by atoms with Crippen molar-refractivity contribution in [2.24, 2.45) is 4.99 Å². The summed E-state index contributed by atoms with van der Waals surface area (Å²) < 4.78 is 17.4. The molecule has 0 aliphatic carbocycles. The van der Waals surface area contributed by atoms with E-state index in [1.165, 1.54) is 5.56 Å². The molecule has 7 heteroatoms. The average Bonchev–Trinajstić information content (AvgIpc) is 2.66. The van der Waals surface area contributed by atoms with Gasteiger partial charge in [-0.3, -0.25) is 9.20 Å². The molecule has 27 heavy (non-hydrogen) atoms. The number of hydrogen-bond donors (Lipinski definition) is 1. The van der Waals surface area contributed by atoms with E-state index in [4.69, 9.17) is 4.74 Å². The molecule has 1 unspecified atom stereocenters. The quantitative estimate of drug-likeness (QED) is 0.343. The summed E-state index contributed by atoms with van der Waals surface area (Å²) in [5, 5.41) is 3.29. The zero-order chi connectivity index (χ0) is 18.8. The van der Waals surface area contributed by atoms with Crippen LogP contribution >= 0.6 is 24.0 Å². The maximum atomic E-state index is 12.2. The highest BCUT2D eigenvalue weighted by molar-refractivity contribution is 14.0. The second-order valence-corrected chi connectivity index (χ2v) is 7.53. The maximum Gasteiger partial charge on any atom is 0.193 e. The molecule has 0 amide bonds. The molecule has 2 rings (SSSR count). The summed E-state index contributed by atoms with van der Waals surface area (Å²) in [6.45, 7) is 1.36. The largest absolute Gasteiger partial charge is 0.497 e. The summed E-state index contributed by atoms with van der Waals surface area (Å²) >= 11 is 0. The molecule has 0 heterocycles. The number of halogens is 1. The Bertz CT molecular complexity index is 724. The molecule has 0 saturated heterocycles. The van der Waals surface area contributed by atoms with Gasteiger partial charge in [0.1, 0.15) is 5.75 Å². The number of hydrogen-bond acceptors (Lipinski definition) is 3. The van der Waals surface area contributed by atoms with Crippen LogP contribution in [0.3, 0.4) is 0 Å². The molecule has 0 aliphatic heterocycles. The minimum Gasteiger partial charge on any atom is -0.497 e. The summed E-state index contributed by atoms with van der Waals surface area (Å²) in [6.07, 6.45) is 0. The minimum absolute atomic E-state index is 0. The van der Waals surface area contributed by atoms with E-state index in [0.717, 1.165) is 23.8 Å². The van der Waals surface area contributed by atoms with Crippen LogP contribution in [0.2, 0.25) is 0 Å². The molecular formula is C20H28IN3O2S. The first-order chi connectivity index (χ1) is 12.6. The lowest BCUT2D eigenvalue weighted by molar-refractivity contribution is 0.414. The number of rotatable bonds is 8. The predicted molar refractivity (Wildman–Crippen MR) is 124 cm³/mol. The molecular weight excluding hydrogens is 473 g/mol. The molecule has 1 atom stereocenters. The van der Waals surface area contributed by atoms with E-state index in [2.05, 4.69) is 10.3 Å². The Hall–Kier alpha value is -1.61. The van der Waals surface area contributed by atoms with Crippen molar-refractivity contribution < 1.29 is 8.95 Å². The Labute approximate surface area is 181 Å². The normalized spacial score (nSPS) is 12.0. The van der Waals surface area contributed by atoms with Crippen molar-refractivity contribution in [3.05, 3.63) is 65.7 Å². The summed E-state index contributed by atoms with van der Waals surface area (Å²) in [7, 11) is 4.51. The van der Waals surface area contributed by atoms with Gasteiger partial charge in [0.05, 0.1) is 7.11 Å². The first-order valence-electron chi connectivity index (χ1n) is 8.56. The van der Waals surface area contributed by atoms with Crippen molar-refractivity contribution in [2.45, 2.75) is 12.3 Å². The lowest BCUT2D eigenvalue weighted by atomic mass is 10.2. The van der Waals surface area contributed by atoms with E-state index in [9.17, 15) is 4.21 Å². The first kappa shape index (κ1) is 23.4. The molecule has 0 saturated carbocycles. The van der Waals surface area contributed by atoms with Crippen molar-refractivity contribution in [2.75, 3.05) is 33.5 Å². The molecule has 0 aromatic heterocycles. The number of nitrogens with zero attached hydrogens (tertiary/aromatic N) is 2. The molecule has 148 valence electrons. The fourth-order valence-electron chi connectivity index (χ4n) is 2.57. The van der Waals surface area contributed by atoms with Crippen LogP contribution < -0.4 is 10.1 Å². The lowest BCUT2D eigenvalue weighted by Crippen LogP contribution is -2.40. The zero-order valence-corrected chi connectivity index (χ0v) is 19.2. The van der Waals surface area contributed by atoms with Crippen molar-refractivity contribution in [1.82, 2.24) is 10.2 Å². The standard InChI is InChI=1S/C20H27N3O2S.HI/c1-21-20(23(2)15-17-9-11-19(25-3)12-10-17)22-13-14-26(24)16-18-7-5-4-6-8-18;/h4-12H,13-16H2,1-3H3,(H,21,22);1H. The lowest BCUT2D eigenvalue weighted by Gasteiger charge is -2.22. The Kier molecular flexibility index (Phi) is 11.0. The molecule has 5 nitrogen and oxygen atoms in total. The van der Waals surface area contributed by atoms with E-state index >= 15 is 0 Å². The van der Waals surface area contributed by atoms with Crippen LogP contribution in [0, 0.1) is 0 Å². The van der Waals surface area contributed by atoms with Gasteiger partial charge in [0.25, 0.3) is 0 Å². The Morgan fingerprint density at radius 2 is 1.78 bits per heavy atom. The summed E-state index contributed by atoms with van der Waals surface area (Å²) in [5.41, 5.74) is 2.27. The van der Waals surface area contributed by atoms with Gasteiger partial charge in [0.15, 0.2) is 5.96 Å². The van der Waals surface area contributed by atoms with Crippen LogP contribution in [0.15, 0.2) is 59.6 Å². The van der Waals surface area contributed by atoms with Gasteiger partial charge >= 0.3 is 0 Å². The molecule has 2 aromatic rings. The highest BCUT2D eigenvalue weighted by atomic mass is 127. The molecule has 0 spiro atoms. The molecule has 0 aliphatic rings. The average molecular weight is 501 g/mol. The Morgan fingerprint density at radius 3 is 2.37 bits per heavy atom. The maximum absolute atomic E-state index is 12.2. The van der Waals surface area contributed by atoms with Gasteiger partial charge in [-0.1, -0.05) is 42.5 Å². The van der Waals surface area contributed by atoms with E-state index in [0.29, 0.717) is 18.1 Å². The number of benzene rings is 2. The summed E-state index contributed by atoms with van der Waals surface area (Å²) in [4.78, 5) is 6.35. The molecule has 0 bridgehead atoms. The van der Waals surface area contributed by atoms with Crippen LogP contribution in [-0.4, -0.2) is 48.6 Å². The van der Waals surface area contributed by atoms with Crippen LogP contribution in [0.1, 0.15) is 11.1 Å². The van der Waals surface area contributed by atoms with Gasteiger partial charge in [-0.15, -0.1) is 24.0 Å². The van der Waals surface area contributed by atoms with Crippen LogP contribution in [-0.2, 0) is 23.1 Å². The van der Waals surface area contributed by atoms with Crippen molar-refractivity contribution in [3.63, 3.8) is 0 Å². The van der Waals surface area contributed by atoms with Gasteiger partial charge in [-0.05, 0) is 23.3 Å². The van der Waals surface area contributed by atoms with Gasteiger partial charge in [-0.2, -0.15) is 0 Å². The van der Waals surface area contributed by atoms with Gasteiger partial charge in [-0.25, -0.2) is 0 Å². The predicted octanol–water partition coefficient (Wildman–Crippen LogP) is 3.27. The van der Waals surface area contributed by atoms with Crippen LogP contribution in [0.25, 0.3) is 0 Å². The molecule has 1 N–H and O–H groups in total. The Balaban J connectivity index is 0.00000364. The topological polar surface area (TPSA) is 53.9 Å². The number of guanidine groups is 1. The van der Waals surface area contributed by atoms with E-state index < -0.39 is 10.8 Å². The summed E-state index contributed by atoms with van der Waals surface area (Å²) in [5.74, 6) is 2.81. The Morgan fingerprint density at radius 1 is 1.11 bits per heavy atom. The SMILES string of the molecule is CN=C(NCCS(=O)Cc1ccccc1)N(C)Cc1ccc(OC)cc1.I. The van der Waals surface area contributed by atoms with Gasteiger partial charge < -0.3 is 15.0 Å². The minimum atomic E-state index is -0.894. The number of nitrogens with one attached hydrogen (secondary N) is 1. The smallest absolute Gasteiger partial charge is 0.193 e. The highest BCUT2D eigenvalue weighted by Crippen LogP contribution is 2.12. The van der Waals surface area contributed by atoms with Gasteiger partial charge in [0.2, 0.25) is 0 Å². The van der Waals surface area contributed by atoms with Gasteiger partial charge in [0, 0.05) is 49.5 Å². The van der Waals surface area contributed by atoms with Crippen molar-refractivity contribution in [3.8, 4) is 5.75 Å². The molecule has 0 radical (unpaired) electrons. The monoisotopic (exact) mass is 501 g/mol. The second kappa shape index (κ2) is 12.7. The van der Waals surface area contributed by atoms with Crippen LogP contribution in [0.5, 0.6) is 5.75 Å². The highest BCUT2D eigenvalue weighted by Gasteiger charge is 2.08. The van der Waals surface area contributed by atoms with E-state index in [-0.39, 0.29) is 24.0 Å². The van der Waals surface area contributed by atoms with Crippen molar-refractivity contribution in [1.29, 1.82) is 0 Å². The van der Waals surface area contributed by atoms with E-state index in [1.54, 1.807) is 14.2 Å². The number of aliphatic imine (C=N–C) groups is 1. The summed E-state index contributed by atoms with van der Waals surface area (Å²) in [6, 6.07) is 17.9. The number of methoxy groups -OCH3 is 1. The third-order valence-electron chi connectivity index (χ3n) is 3.94. The third-order valence-corrected chi connectivity index (χ3v) is 5.25. The fourth-order valence-corrected chi connectivity index (χ4v) is 3.61. The fraction of sp³-hybridized carbons (Fsp3) is 0.350. The first-order valence-corrected chi connectivity index (χ1v) is 10.0. The van der Waals surface area contributed by atoms with Crippen LogP contribution in [0.4, 0.5) is 0 Å². The molecule has 2 aromatic carbocycles.